The molecule has 1 aliphatic heterocycles. The number of halogens is 1. The van der Waals surface area contributed by atoms with Crippen LogP contribution in [0.3, 0.4) is 0 Å². The summed E-state index contributed by atoms with van der Waals surface area (Å²) in [5, 5.41) is 3.32. The molecule has 0 fully saturated rings. The first-order chi connectivity index (χ1) is 15.1. The van der Waals surface area contributed by atoms with Gasteiger partial charge < -0.3 is 10.1 Å². The highest BCUT2D eigenvalue weighted by Crippen LogP contribution is 2.27. The van der Waals surface area contributed by atoms with Crippen molar-refractivity contribution in [2.45, 2.75) is 25.5 Å². The molecular formula is C25H21ClN2O3. The molecule has 31 heavy (non-hydrogen) atoms. The van der Waals surface area contributed by atoms with Crippen LogP contribution in [0.5, 0.6) is 0 Å². The van der Waals surface area contributed by atoms with Gasteiger partial charge in [-0.2, -0.15) is 0 Å². The van der Waals surface area contributed by atoms with Crippen molar-refractivity contribution < 1.29 is 14.3 Å². The summed E-state index contributed by atoms with van der Waals surface area (Å²) in [5.41, 5.74) is 3.74. The van der Waals surface area contributed by atoms with E-state index in [1.807, 2.05) is 60.7 Å². The Morgan fingerprint density at radius 3 is 2.48 bits per heavy atom. The van der Waals surface area contributed by atoms with E-state index in [-0.39, 0.29) is 6.42 Å². The molecule has 6 heteroatoms. The van der Waals surface area contributed by atoms with Gasteiger partial charge in [-0.25, -0.2) is 4.99 Å². The molecule has 3 aromatic rings. The lowest BCUT2D eigenvalue weighted by molar-refractivity contribution is -0.153. The molecule has 5 nitrogen and oxygen atoms in total. The van der Waals surface area contributed by atoms with Crippen molar-refractivity contribution in [3.05, 3.63) is 101 Å². The van der Waals surface area contributed by atoms with Gasteiger partial charge in [0.15, 0.2) is 0 Å². The number of ether oxygens (including phenoxy) is 1. The Balaban J connectivity index is 1.54. The van der Waals surface area contributed by atoms with Crippen LogP contribution in [0.15, 0.2) is 83.9 Å². The van der Waals surface area contributed by atoms with Gasteiger partial charge in [0.05, 0.1) is 11.4 Å². The van der Waals surface area contributed by atoms with E-state index < -0.39 is 18.1 Å². The molecular weight excluding hydrogens is 414 g/mol. The minimum atomic E-state index is -1.27. The number of hydrogen-bond donors (Lipinski definition) is 1. The van der Waals surface area contributed by atoms with Crippen molar-refractivity contribution in [2.75, 3.05) is 5.32 Å². The number of nitrogens with one attached hydrogen (secondary N) is 1. The van der Waals surface area contributed by atoms with Crippen LogP contribution >= 0.6 is 11.6 Å². The fourth-order valence-electron chi connectivity index (χ4n) is 3.43. The van der Waals surface area contributed by atoms with Gasteiger partial charge in [-0.3, -0.25) is 9.59 Å². The van der Waals surface area contributed by atoms with E-state index in [0.29, 0.717) is 28.4 Å². The predicted octanol–water partition coefficient (Wildman–Crippen LogP) is 5.02. The number of nitrogens with zero attached hydrogens (tertiary/aromatic N) is 1. The second kappa shape index (κ2) is 9.58. The largest absolute Gasteiger partial charge is 0.430 e. The number of carbonyl (C=O) groups excluding carboxylic acids is 2. The van der Waals surface area contributed by atoms with Gasteiger partial charge >= 0.3 is 5.97 Å². The van der Waals surface area contributed by atoms with Crippen LogP contribution in [0.4, 0.5) is 5.69 Å². The van der Waals surface area contributed by atoms with Crippen molar-refractivity contribution in [3.8, 4) is 0 Å². The first-order valence-corrected chi connectivity index (χ1v) is 10.5. The molecule has 1 atom stereocenters. The molecule has 1 N–H and O–H groups in total. The maximum atomic E-state index is 12.7. The monoisotopic (exact) mass is 434 g/mol. The molecule has 0 radical (unpaired) electrons. The zero-order valence-electron chi connectivity index (χ0n) is 16.8. The molecule has 1 aliphatic rings. The van der Waals surface area contributed by atoms with Crippen molar-refractivity contribution in [3.63, 3.8) is 0 Å². The molecule has 0 bridgehead atoms. The summed E-state index contributed by atoms with van der Waals surface area (Å²) in [7, 11) is 0. The summed E-state index contributed by atoms with van der Waals surface area (Å²) in [6, 6.07) is 24.5. The lowest BCUT2D eigenvalue weighted by Gasteiger charge is -2.12. The predicted molar refractivity (Wildman–Crippen MR) is 121 cm³/mol. The van der Waals surface area contributed by atoms with Crippen LogP contribution in [0.2, 0.25) is 5.02 Å². The normalized spacial score (nSPS) is 15.3. The Kier molecular flexibility index (Phi) is 6.43. The third-order valence-electron chi connectivity index (χ3n) is 4.94. The highest BCUT2D eigenvalue weighted by Gasteiger charge is 2.28. The quantitative estimate of drug-likeness (QED) is 0.554. The number of amides is 1. The molecule has 3 aromatic carbocycles. The Labute approximate surface area is 185 Å². The second-order valence-corrected chi connectivity index (χ2v) is 7.64. The number of carbonyl (C=O) groups is 2. The molecule has 0 saturated carbocycles. The van der Waals surface area contributed by atoms with Gasteiger partial charge in [-0.1, -0.05) is 72.3 Å². The topological polar surface area (TPSA) is 67.8 Å². The summed E-state index contributed by atoms with van der Waals surface area (Å²) < 4.78 is 5.46. The molecule has 0 aromatic heterocycles. The first-order valence-electron chi connectivity index (χ1n) is 10.1. The van der Waals surface area contributed by atoms with Crippen LogP contribution in [-0.4, -0.2) is 23.8 Å². The Bertz CT molecular complexity index is 1110. The average Bonchev–Trinajstić information content (AvgIpc) is 2.91. The van der Waals surface area contributed by atoms with Crippen molar-refractivity contribution in [2.24, 2.45) is 4.99 Å². The Morgan fingerprint density at radius 1 is 1.03 bits per heavy atom. The van der Waals surface area contributed by atoms with Crippen molar-refractivity contribution in [1.82, 2.24) is 0 Å². The average molecular weight is 435 g/mol. The number of benzene rings is 3. The Morgan fingerprint density at radius 2 is 1.74 bits per heavy atom. The summed E-state index contributed by atoms with van der Waals surface area (Å²) in [6.07, 6.45) is 0.316. The van der Waals surface area contributed by atoms with Gasteiger partial charge in [0.1, 0.15) is 0 Å². The van der Waals surface area contributed by atoms with E-state index in [0.717, 1.165) is 17.5 Å². The van der Waals surface area contributed by atoms with E-state index in [1.165, 1.54) is 0 Å². The summed E-state index contributed by atoms with van der Waals surface area (Å²) in [6.45, 7) is 0. The van der Waals surface area contributed by atoms with E-state index in [4.69, 9.17) is 16.3 Å². The molecule has 0 saturated heterocycles. The van der Waals surface area contributed by atoms with Crippen molar-refractivity contribution in [1.29, 1.82) is 0 Å². The molecule has 1 amide bonds. The zero-order chi connectivity index (χ0) is 21.6. The molecule has 1 heterocycles. The fourth-order valence-corrected chi connectivity index (χ4v) is 3.60. The van der Waals surface area contributed by atoms with Crippen LogP contribution in [0, 0.1) is 0 Å². The lowest BCUT2D eigenvalue weighted by atomic mass is 10.0. The minimum absolute atomic E-state index is 0.202. The number of hydrogen-bond acceptors (Lipinski definition) is 4. The molecule has 4 rings (SSSR count). The smallest absolute Gasteiger partial charge is 0.308 e. The van der Waals surface area contributed by atoms with Gasteiger partial charge in [-0.05, 0) is 36.6 Å². The van der Waals surface area contributed by atoms with Crippen LogP contribution in [0.1, 0.15) is 29.5 Å². The molecule has 1 unspecified atom stereocenters. The number of fused-ring (bicyclic) bond motifs is 1. The molecule has 156 valence electrons. The molecule has 0 aliphatic carbocycles. The van der Waals surface area contributed by atoms with Crippen LogP contribution in [0.25, 0.3) is 0 Å². The molecule has 0 spiro atoms. The second-order valence-electron chi connectivity index (χ2n) is 7.20. The highest BCUT2D eigenvalue weighted by atomic mass is 35.5. The summed E-state index contributed by atoms with van der Waals surface area (Å²) in [4.78, 5) is 29.7. The van der Waals surface area contributed by atoms with Gasteiger partial charge in [0.25, 0.3) is 12.1 Å². The van der Waals surface area contributed by atoms with Gasteiger partial charge in [0, 0.05) is 22.6 Å². The third kappa shape index (κ3) is 5.19. The van der Waals surface area contributed by atoms with Gasteiger partial charge in [0.2, 0.25) is 0 Å². The van der Waals surface area contributed by atoms with E-state index in [9.17, 15) is 9.59 Å². The standard InChI is InChI=1S/C25H21ClN2O3/c26-19-14-15-21-20(16-19)23(18-11-5-2-6-12-18)28-25(24(30)27-21)31-22(29)13-7-10-17-8-3-1-4-9-17/h1-6,8-9,11-12,14-16,25H,7,10,13H2,(H,27,30)/i24+2. The summed E-state index contributed by atoms with van der Waals surface area (Å²) in [5.74, 6) is -0.956. The summed E-state index contributed by atoms with van der Waals surface area (Å²) >= 11 is 6.19. The minimum Gasteiger partial charge on any atom is -0.430 e. The highest BCUT2D eigenvalue weighted by molar-refractivity contribution is 6.32. The van der Waals surface area contributed by atoms with Crippen LogP contribution in [-0.2, 0) is 20.7 Å². The first kappa shape index (κ1) is 20.8. The number of anilines is 1. The fraction of sp³-hybridized carbons (Fsp3) is 0.160. The Hall–Kier alpha value is -3.44. The van der Waals surface area contributed by atoms with E-state index in [1.54, 1.807) is 18.2 Å². The number of aryl methyl sites for hydroxylation is 1. The van der Waals surface area contributed by atoms with Crippen LogP contribution < -0.4 is 5.32 Å². The number of benzodiazepines with no additional fused rings is 1. The number of rotatable bonds is 6. The maximum absolute atomic E-state index is 12.7. The lowest BCUT2D eigenvalue weighted by Crippen LogP contribution is -2.30. The third-order valence-corrected chi connectivity index (χ3v) is 5.18. The van der Waals surface area contributed by atoms with Gasteiger partial charge in [-0.15, -0.1) is 0 Å². The SMILES string of the molecule is O=C(CCCc1ccccc1)OC1N=C(c2ccccc2)c2cc(Cl)ccc2N[14C]1=O. The number of aliphatic imine (C=N–C) groups is 1. The van der Waals surface area contributed by atoms with Crippen molar-refractivity contribution >= 4 is 34.9 Å². The van der Waals surface area contributed by atoms with E-state index >= 15 is 0 Å². The maximum Gasteiger partial charge on any atom is 0.308 e. The number of esters is 1. The van der Waals surface area contributed by atoms with E-state index in [2.05, 4.69) is 10.3 Å². The zero-order valence-corrected chi connectivity index (χ0v) is 17.5.